The molecule has 2 aromatic rings. The summed E-state index contributed by atoms with van der Waals surface area (Å²) in [5.74, 6) is -0.0493. The first-order valence-corrected chi connectivity index (χ1v) is 5.87. The van der Waals surface area contributed by atoms with Gasteiger partial charge < -0.3 is 10.1 Å². The zero-order valence-electron chi connectivity index (χ0n) is 8.83. The number of hydrogen-bond acceptors (Lipinski definition) is 2. The normalized spacial score (nSPS) is 10.9. The molecule has 2 rings (SSSR count). The number of benzene rings is 1. The van der Waals surface area contributed by atoms with Gasteiger partial charge in [0, 0.05) is 12.8 Å². The largest absolute Gasteiger partial charge is 0.481 e. The Morgan fingerprint density at radius 1 is 1.35 bits per heavy atom. The molecule has 0 aliphatic carbocycles. The highest BCUT2D eigenvalue weighted by Crippen LogP contribution is 2.26. The summed E-state index contributed by atoms with van der Waals surface area (Å²) in [7, 11) is 0. The molecule has 1 aromatic heterocycles. The van der Waals surface area contributed by atoms with Crippen molar-refractivity contribution in [3.8, 4) is 0 Å². The SMILES string of the molecule is O=C(O)CCCc1nc2cc(Cl)c(Cl)cc2[nH]1. The molecule has 0 radical (unpaired) electrons. The van der Waals surface area contributed by atoms with E-state index in [4.69, 9.17) is 28.3 Å². The number of carboxylic acids is 1. The number of carboxylic acid groups (broad SMARTS) is 1. The molecule has 0 unspecified atom stereocenters. The van der Waals surface area contributed by atoms with E-state index in [1.165, 1.54) is 0 Å². The van der Waals surface area contributed by atoms with E-state index < -0.39 is 5.97 Å². The predicted octanol–water partition coefficient (Wildman–Crippen LogP) is 3.28. The molecule has 0 saturated heterocycles. The summed E-state index contributed by atoms with van der Waals surface area (Å²) in [6, 6.07) is 3.41. The Kier molecular flexibility index (Phi) is 3.54. The first kappa shape index (κ1) is 12.2. The molecule has 0 fully saturated rings. The van der Waals surface area contributed by atoms with E-state index in [0.29, 0.717) is 22.9 Å². The maximum absolute atomic E-state index is 10.4. The molecule has 6 heteroatoms. The molecule has 0 atom stereocenters. The minimum atomic E-state index is -0.799. The van der Waals surface area contributed by atoms with E-state index in [1.807, 2.05) is 0 Å². The molecule has 0 aliphatic heterocycles. The van der Waals surface area contributed by atoms with Crippen LogP contribution >= 0.6 is 23.2 Å². The Labute approximate surface area is 108 Å². The van der Waals surface area contributed by atoms with Crippen LogP contribution in [-0.2, 0) is 11.2 Å². The van der Waals surface area contributed by atoms with Crippen LogP contribution in [-0.4, -0.2) is 21.0 Å². The molecule has 90 valence electrons. The predicted molar refractivity (Wildman–Crippen MR) is 66.7 cm³/mol. The van der Waals surface area contributed by atoms with Crippen molar-refractivity contribution in [1.29, 1.82) is 0 Å². The quantitative estimate of drug-likeness (QED) is 0.898. The van der Waals surface area contributed by atoms with Crippen molar-refractivity contribution in [2.75, 3.05) is 0 Å². The van der Waals surface area contributed by atoms with Crippen LogP contribution in [0.3, 0.4) is 0 Å². The van der Waals surface area contributed by atoms with Crippen molar-refractivity contribution in [1.82, 2.24) is 9.97 Å². The average molecular weight is 273 g/mol. The van der Waals surface area contributed by atoms with E-state index in [2.05, 4.69) is 9.97 Å². The van der Waals surface area contributed by atoms with Crippen LogP contribution < -0.4 is 0 Å². The van der Waals surface area contributed by atoms with Gasteiger partial charge in [-0.25, -0.2) is 4.98 Å². The van der Waals surface area contributed by atoms with Crippen LogP contribution in [0.15, 0.2) is 12.1 Å². The second kappa shape index (κ2) is 4.94. The van der Waals surface area contributed by atoms with E-state index in [-0.39, 0.29) is 6.42 Å². The van der Waals surface area contributed by atoms with E-state index in [9.17, 15) is 4.79 Å². The van der Waals surface area contributed by atoms with Gasteiger partial charge in [0.25, 0.3) is 0 Å². The van der Waals surface area contributed by atoms with Crippen molar-refractivity contribution >= 4 is 40.2 Å². The van der Waals surface area contributed by atoms with Crippen molar-refractivity contribution in [3.63, 3.8) is 0 Å². The minimum absolute atomic E-state index is 0.137. The van der Waals surface area contributed by atoms with Gasteiger partial charge >= 0.3 is 5.97 Å². The zero-order chi connectivity index (χ0) is 12.4. The molecule has 4 nitrogen and oxygen atoms in total. The Morgan fingerprint density at radius 2 is 2.06 bits per heavy atom. The maximum atomic E-state index is 10.4. The second-order valence-electron chi connectivity index (χ2n) is 3.71. The number of imidazole rings is 1. The van der Waals surface area contributed by atoms with Crippen molar-refractivity contribution in [2.45, 2.75) is 19.3 Å². The summed E-state index contributed by atoms with van der Waals surface area (Å²) in [5.41, 5.74) is 1.55. The fourth-order valence-electron chi connectivity index (χ4n) is 1.58. The molecule has 0 spiro atoms. The summed E-state index contributed by atoms with van der Waals surface area (Å²) in [5, 5.41) is 9.47. The fraction of sp³-hybridized carbons (Fsp3) is 0.273. The molecular weight excluding hydrogens is 263 g/mol. The summed E-state index contributed by atoms with van der Waals surface area (Å²) in [6.07, 6.45) is 1.28. The smallest absolute Gasteiger partial charge is 0.303 e. The summed E-state index contributed by atoms with van der Waals surface area (Å²) in [4.78, 5) is 17.8. The lowest BCUT2D eigenvalue weighted by Crippen LogP contribution is -1.96. The third-order valence-corrected chi connectivity index (χ3v) is 3.10. The van der Waals surface area contributed by atoms with Crippen LogP contribution in [0.5, 0.6) is 0 Å². The Hall–Kier alpha value is -1.26. The molecule has 17 heavy (non-hydrogen) atoms. The summed E-state index contributed by atoms with van der Waals surface area (Å²) < 4.78 is 0. The first-order valence-electron chi connectivity index (χ1n) is 5.11. The molecule has 0 aliphatic rings. The van der Waals surface area contributed by atoms with Crippen molar-refractivity contribution in [2.24, 2.45) is 0 Å². The number of aliphatic carboxylic acids is 1. The van der Waals surface area contributed by atoms with Crippen LogP contribution in [0.25, 0.3) is 11.0 Å². The minimum Gasteiger partial charge on any atom is -0.481 e. The Bertz CT molecular complexity index is 527. The molecule has 0 saturated carbocycles. The lowest BCUT2D eigenvalue weighted by molar-refractivity contribution is -0.137. The van der Waals surface area contributed by atoms with Crippen LogP contribution in [0.1, 0.15) is 18.7 Å². The second-order valence-corrected chi connectivity index (χ2v) is 4.53. The van der Waals surface area contributed by atoms with Gasteiger partial charge in [0.05, 0.1) is 21.1 Å². The molecule has 0 bridgehead atoms. The number of nitrogens with zero attached hydrogens (tertiary/aromatic N) is 1. The molecule has 1 aromatic carbocycles. The fourth-order valence-corrected chi connectivity index (χ4v) is 1.90. The van der Waals surface area contributed by atoms with Gasteiger partial charge in [-0.15, -0.1) is 0 Å². The van der Waals surface area contributed by atoms with Gasteiger partial charge in [-0.2, -0.15) is 0 Å². The van der Waals surface area contributed by atoms with Gasteiger partial charge in [0.2, 0.25) is 0 Å². The maximum Gasteiger partial charge on any atom is 0.303 e. The highest BCUT2D eigenvalue weighted by molar-refractivity contribution is 6.42. The van der Waals surface area contributed by atoms with E-state index in [1.54, 1.807) is 12.1 Å². The van der Waals surface area contributed by atoms with E-state index in [0.717, 1.165) is 16.9 Å². The summed E-state index contributed by atoms with van der Waals surface area (Å²) in [6.45, 7) is 0. The van der Waals surface area contributed by atoms with E-state index >= 15 is 0 Å². The zero-order valence-corrected chi connectivity index (χ0v) is 10.3. The van der Waals surface area contributed by atoms with Crippen LogP contribution in [0, 0.1) is 0 Å². The molecular formula is C11H10Cl2N2O2. The van der Waals surface area contributed by atoms with Gasteiger partial charge in [-0.05, 0) is 18.6 Å². The average Bonchev–Trinajstić information content (AvgIpc) is 2.60. The monoisotopic (exact) mass is 272 g/mol. The standard InChI is InChI=1S/C11H10Cl2N2O2/c12-6-4-8-9(5-7(6)13)15-10(14-8)2-1-3-11(16)17/h4-5H,1-3H2,(H,14,15)(H,16,17). The molecule has 1 heterocycles. The topological polar surface area (TPSA) is 66.0 Å². The number of nitrogens with one attached hydrogen (secondary N) is 1. The third kappa shape index (κ3) is 2.90. The van der Waals surface area contributed by atoms with Gasteiger partial charge in [0.15, 0.2) is 0 Å². The number of rotatable bonds is 4. The lowest BCUT2D eigenvalue weighted by atomic mass is 10.2. The number of hydrogen-bond donors (Lipinski definition) is 2. The van der Waals surface area contributed by atoms with Gasteiger partial charge in [0.1, 0.15) is 5.82 Å². The molecule has 2 N–H and O–H groups in total. The number of H-pyrrole nitrogens is 1. The summed E-state index contributed by atoms with van der Waals surface area (Å²) >= 11 is 11.8. The highest BCUT2D eigenvalue weighted by Gasteiger charge is 2.07. The number of halogens is 2. The number of aryl methyl sites for hydroxylation is 1. The molecule has 0 amide bonds. The number of carbonyl (C=O) groups is 1. The van der Waals surface area contributed by atoms with Crippen molar-refractivity contribution < 1.29 is 9.90 Å². The van der Waals surface area contributed by atoms with Crippen molar-refractivity contribution in [3.05, 3.63) is 28.0 Å². The number of aromatic amines is 1. The Balaban J connectivity index is 2.17. The number of aromatic nitrogens is 2. The van der Waals surface area contributed by atoms with Crippen LogP contribution in [0.4, 0.5) is 0 Å². The third-order valence-electron chi connectivity index (χ3n) is 2.38. The number of fused-ring (bicyclic) bond motifs is 1. The highest BCUT2D eigenvalue weighted by atomic mass is 35.5. The van der Waals surface area contributed by atoms with Crippen LogP contribution in [0.2, 0.25) is 10.0 Å². The Morgan fingerprint density at radius 3 is 2.76 bits per heavy atom. The lowest BCUT2D eigenvalue weighted by Gasteiger charge is -1.93. The first-order chi connectivity index (χ1) is 8.06. The van der Waals surface area contributed by atoms with Gasteiger partial charge in [-0.1, -0.05) is 23.2 Å². The van der Waals surface area contributed by atoms with Gasteiger partial charge in [-0.3, -0.25) is 4.79 Å².